The van der Waals surface area contributed by atoms with Crippen LogP contribution < -0.4 is 5.56 Å². The van der Waals surface area contributed by atoms with Gasteiger partial charge in [-0.2, -0.15) is 0 Å². The number of ether oxygens (including phenoxy) is 1. The van der Waals surface area contributed by atoms with Crippen LogP contribution in [-0.4, -0.2) is 27.4 Å². The van der Waals surface area contributed by atoms with Gasteiger partial charge in [0, 0.05) is 5.02 Å². The summed E-state index contributed by atoms with van der Waals surface area (Å²) in [5.41, 5.74) is 2.33. The second kappa shape index (κ2) is 7.78. The fraction of sp³-hybridized carbons (Fsp3) is 0.263. The second-order valence-electron chi connectivity index (χ2n) is 5.98. The predicted octanol–water partition coefficient (Wildman–Crippen LogP) is 2.94. The minimum Gasteiger partial charge on any atom is -0.389 e. The summed E-state index contributed by atoms with van der Waals surface area (Å²) in [5, 5.41) is 11.3. The first-order chi connectivity index (χ1) is 12.0. The van der Waals surface area contributed by atoms with E-state index in [1.807, 2.05) is 37.3 Å². The van der Waals surface area contributed by atoms with Crippen molar-refractivity contribution >= 4 is 22.5 Å². The number of hydrogen-bond donors (Lipinski definition) is 1. The molecule has 1 N–H and O–H groups in total. The molecule has 3 aromatic rings. The summed E-state index contributed by atoms with van der Waals surface area (Å²) >= 11 is 6.06. The zero-order valence-corrected chi connectivity index (χ0v) is 14.6. The van der Waals surface area contributed by atoms with Gasteiger partial charge in [0.2, 0.25) is 0 Å². The van der Waals surface area contributed by atoms with E-state index in [4.69, 9.17) is 16.3 Å². The smallest absolute Gasteiger partial charge is 0.261 e. The molecule has 0 aliphatic rings. The van der Waals surface area contributed by atoms with E-state index in [1.165, 1.54) is 10.9 Å². The molecule has 1 unspecified atom stereocenters. The van der Waals surface area contributed by atoms with Crippen LogP contribution in [0.4, 0.5) is 0 Å². The van der Waals surface area contributed by atoms with E-state index in [2.05, 4.69) is 4.98 Å². The third kappa shape index (κ3) is 4.25. The molecule has 25 heavy (non-hydrogen) atoms. The SMILES string of the molecule is Cc1ccc2ncn(CC(O)COCc3ccccc3Cl)c(=O)c2c1. The average molecular weight is 359 g/mol. The van der Waals surface area contributed by atoms with Crippen LogP contribution >= 0.6 is 11.6 Å². The maximum absolute atomic E-state index is 12.5. The molecule has 0 amide bonds. The van der Waals surface area contributed by atoms with E-state index in [0.29, 0.717) is 22.5 Å². The lowest BCUT2D eigenvalue weighted by atomic mass is 10.2. The number of aliphatic hydroxyl groups excluding tert-OH is 1. The third-order valence-electron chi connectivity index (χ3n) is 3.91. The van der Waals surface area contributed by atoms with Gasteiger partial charge in [0.1, 0.15) is 0 Å². The van der Waals surface area contributed by atoms with Crippen LogP contribution in [0.2, 0.25) is 5.02 Å². The summed E-state index contributed by atoms with van der Waals surface area (Å²) in [4.78, 5) is 16.8. The van der Waals surface area contributed by atoms with Gasteiger partial charge in [0.05, 0.1) is 43.1 Å². The molecule has 0 aliphatic carbocycles. The van der Waals surface area contributed by atoms with Crippen LogP contribution in [0.25, 0.3) is 10.9 Å². The molecule has 6 heteroatoms. The number of benzene rings is 2. The first-order valence-electron chi connectivity index (χ1n) is 7.99. The van der Waals surface area contributed by atoms with Crippen LogP contribution in [0.15, 0.2) is 53.6 Å². The monoisotopic (exact) mass is 358 g/mol. The van der Waals surface area contributed by atoms with Crippen LogP contribution in [0, 0.1) is 6.92 Å². The normalized spacial score (nSPS) is 12.4. The molecule has 1 atom stereocenters. The number of fused-ring (bicyclic) bond motifs is 1. The molecule has 5 nitrogen and oxygen atoms in total. The molecular weight excluding hydrogens is 340 g/mol. The van der Waals surface area contributed by atoms with Crippen molar-refractivity contribution in [3.05, 3.63) is 75.3 Å². The summed E-state index contributed by atoms with van der Waals surface area (Å²) in [5.74, 6) is 0. The molecule has 2 aromatic carbocycles. The van der Waals surface area contributed by atoms with E-state index in [1.54, 1.807) is 12.1 Å². The number of aryl methyl sites for hydroxylation is 1. The Bertz CT molecular complexity index is 939. The van der Waals surface area contributed by atoms with E-state index >= 15 is 0 Å². The van der Waals surface area contributed by atoms with Crippen LogP contribution in [0.3, 0.4) is 0 Å². The zero-order chi connectivity index (χ0) is 17.8. The molecule has 1 heterocycles. The van der Waals surface area contributed by atoms with Gasteiger partial charge in [-0.1, -0.05) is 41.4 Å². The number of halogens is 1. The maximum atomic E-state index is 12.5. The first kappa shape index (κ1) is 17.6. The van der Waals surface area contributed by atoms with E-state index in [-0.39, 0.29) is 18.7 Å². The Morgan fingerprint density at radius 2 is 2.08 bits per heavy atom. The second-order valence-corrected chi connectivity index (χ2v) is 6.39. The Balaban J connectivity index is 1.64. The Labute approximate surface area is 150 Å². The highest BCUT2D eigenvalue weighted by Gasteiger charge is 2.10. The number of rotatable bonds is 6. The van der Waals surface area contributed by atoms with Crippen LogP contribution in [0.5, 0.6) is 0 Å². The lowest BCUT2D eigenvalue weighted by Crippen LogP contribution is -2.29. The average Bonchev–Trinajstić information content (AvgIpc) is 2.59. The van der Waals surface area contributed by atoms with Crippen molar-refractivity contribution in [3.8, 4) is 0 Å². The Morgan fingerprint density at radius 1 is 1.28 bits per heavy atom. The van der Waals surface area contributed by atoms with Gasteiger partial charge in [0.25, 0.3) is 5.56 Å². The topological polar surface area (TPSA) is 64.3 Å². The third-order valence-corrected chi connectivity index (χ3v) is 4.28. The fourth-order valence-corrected chi connectivity index (χ4v) is 2.79. The minimum absolute atomic E-state index is 0.101. The minimum atomic E-state index is -0.816. The number of aliphatic hydroxyl groups is 1. The number of nitrogens with zero attached hydrogens (tertiary/aromatic N) is 2. The summed E-state index contributed by atoms with van der Waals surface area (Å²) < 4.78 is 6.92. The van der Waals surface area contributed by atoms with Gasteiger partial charge in [-0.05, 0) is 30.7 Å². The Kier molecular flexibility index (Phi) is 5.48. The molecule has 130 valence electrons. The molecule has 0 spiro atoms. The lowest BCUT2D eigenvalue weighted by molar-refractivity contribution is 0.0198. The van der Waals surface area contributed by atoms with Gasteiger partial charge >= 0.3 is 0 Å². The Hall–Kier alpha value is -2.21. The zero-order valence-electron chi connectivity index (χ0n) is 13.9. The molecule has 0 radical (unpaired) electrons. The van der Waals surface area contributed by atoms with Gasteiger partial charge in [-0.3, -0.25) is 9.36 Å². The highest BCUT2D eigenvalue weighted by molar-refractivity contribution is 6.31. The van der Waals surface area contributed by atoms with Crippen LogP contribution in [0.1, 0.15) is 11.1 Å². The largest absolute Gasteiger partial charge is 0.389 e. The summed E-state index contributed by atoms with van der Waals surface area (Å²) in [7, 11) is 0. The summed E-state index contributed by atoms with van der Waals surface area (Å²) in [6.07, 6.45) is 0.640. The van der Waals surface area contributed by atoms with Crippen molar-refractivity contribution in [2.45, 2.75) is 26.2 Å². The molecule has 0 bridgehead atoms. The Morgan fingerprint density at radius 3 is 2.88 bits per heavy atom. The van der Waals surface area contributed by atoms with Gasteiger partial charge < -0.3 is 9.84 Å². The van der Waals surface area contributed by atoms with Crippen molar-refractivity contribution < 1.29 is 9.84 Å². The van der Waals surface area contributed by atoms with E-state index in [0.717, 1.165) is 11.1 Å². The first-order valence-corrected chi connectivity index (χ1v) is 8.37. The summed E-state index contributed by atoms with van der Waals surface area (Å²) in [6.45, 7) is 2.45. The number of aromatic nitrogens is 2. The summed E-state index contributed by atoms with van der Waals surface area (Å²) in [6, 6.07) is 12.9. The van der Waals surface area contributed by atoms with Gasteiger partial charge in [-0.25, -0.2) is 4.98 Å². The number of hydrogen-bond acceptors (Lipinski definition) is 4. The van der Waals surface area contributed by atoms with Crippen molar-refractivity contribution in [1.82, 2.24) is 9.55 Å². The van der Waals surface area contributed by atoms with Crippen molar-refractivity contribution in [1.29, 1.82) is 0 Å². The van der Waals surface area contributed by atoms with Crippen LogP contribution in [-0.2, 0) is 17.9 Å². The highest BCUT2D eigenvalue weighted by Crippen LogP contribution is 2.15. The van der Waals surface area contributed by atoms with Gasteiger partial charge in [-0.15, -0.1) is 0 Å². The molecule has 0 saturated heterocycles. The standard InChI is InChI=1S/C19H19ClN2O3/c1-13-6-7-18-16(8-13)19(24)22(12-21-18)9-15(23)11-25-10-14-4-2-3-5-17(14)20/h2-8,12,15,23H,9-11H2,1H3. The van der Waals surface area contributed by atoms with Crippen molar-refractivity contribution in [2.24, 2.45) is 0 Å². The predicted molar refractivity (Wildman–Crippen MR) is 97.9 cm³/mol. The lowest BCUT2D eigenvalue weighted by Gasteiger charge is -2.14. The molecule has 0 aliphatic heterocycles. The molecule has 0 fully saturated rings. The fourth-order valence-electron chi connectivity index (χ4n) is 2.60. The van der Waals surface area contributed by atoms with Crippen molar-refractivity contribution in [3.63, 3.8) is 0 Å². The maximum Gasteiger partial charge on any atom is 0.261 e. The highest BCUT2D eigenvalue weighted by atomic mass is 35.5. The molecule has 0 saturated carbocycles. The quantitative estimate of drug-likeness (QED) is 0.735. The molecule has 1 aromatic heterocycles. The van der Waals surface area contributed by atoms with E-state index < -0.39 is 6.10 Å². The molecule has 3 rings (SSSR count). The van der Waals surface area contributed by atoms with E-state index in [9.17, 15) is 9.90 Å². The van der Waals surface area contributed by atoms with Crippen molar-refractivity contribution in [2.75, 3.05) is 6.61 Å². The molecular formula is C19H19ClN2O3. The van der Waals surface area contributed by atoms with Gasteiger partial charge in [0.15, 0.2) is 0 Å².